The Morgan fingerprint density at radius 1 is 0.886 bits per heavy atom. The molecule has 44 heavy (non-hydrogen) atoms. The molecule has 0 aliphatic rings. The first kappa shape index (κ1) is 33.7. The van der Waals surface area contributed by atoms with E-state index in [0.717, 1.165) is 5.56 Å². The number of carbonyl (C=O) groups is 5. The molecule has 0 unspecified atom stereocenters. The van der Waals surface area contributed by atoms with Crippen molar-refractivity contribution in [3.8, 4) is 0 Å². The second-order valence-corrected chi connectivity index (χ2v) is 10.9. The van der Waals surface area contributed by atoms with Crippen LogP contribution in [0.3, 0.4) is 0 Å². The largest absolute Gasteiger partial charge is 0.481 e. The van der Waals surface area contributed by atoms with Crippen LogP contribution < -0.4 is 21.3 Å². The molecule has 0 aromatic heterocycles. The zero-order valence-corrected chi connectivity index (χ0v) is 25.5. The molecule has 4 amide bonds. The van der Waals surface area contributed by atoms with Crippen molar-refractivity contribution in [2.45, 2.75) is 38.3 Å². The number of aryl methyl sites for hydroxylation is 1. The molecule has 0 aliphatic carbocycles. The lowest BCUT2D eigenvalue weighted by Gasteiger charge is -2.23. The first-order chi connectivity index (χ1) is 21.1. The number of nitrogens with one attached hydrogen (secondary N) is 4. The summed E-state index contributed by atoms with van der Waals surface area (Å²) < 4.78 is 4.69. The third-order valence-electron chi connectivity index (χ3n) is 6.66. The van der Waals surface area contributed by atoms with Crippen molar-refractivity contribution in [1.82, 2.24) is 10.6 Å². The minimum atomic E-state index is -1.12. The minimum absolute atomic E-state index is 0.00766. The van der Waals surface area contributed by atoms with Gasteiger partial charge in [-0.05, 0) is 72.4 Å². The van der Waals surface area contributed by atoms with Crippen LogP contribution >= 0.6 is 11.8 Å². The Morgan fingerprint density at radius 3 is 2.18 bits per heavy atom. The molecular formula is C32H36N4O7S. The highest BCUT2D eigenvalue weighted by Gasteiger charge is 2.25. The van der Waals surface area contributed by atoms with E-state index in [2.05, 4.69) is 21.3 Å². The molecule has 0 saturated carbocycles. The zero-order valence-electron chi connectivity index (χ0n) is 24.7. The summed E-state index contributed by atoms with van der Waals surface area (Å²) in [4.78, 5) is 61.9. The lowest BCUT2D eigenvalue weighted by Crippen LogP contribution is -2.48. The standard InChI is InChI=1S/C32H36N4O7S/c1-20-6-4-5-7-25(20)36-32(42)33-24-14-8-21(9-15-24)18-28(37)34-26(16-17-44-3)30(40)35-27(19-29(38)39)22-10-12-23(13-11-22)31(41)43-2/h4-15,26-27H,16-19H2,1-3H3,(H,34,37)(H,35,40)(H,38,39)(H2,33,36,42)/t26-,27-/m0/s1. The van der Waals surface area contributed by atoms with E-state index < -0.39 is 42.4 Å². The fourth-order valence-electron chi connectivity index (χ4n) is 4.31. The summed E-state index contributed by atoms with van der Waals surface area (Å²) in [5.74, 6) is -1.98. The summed E-state index contributed by atoms with van der Waals surface area (Å²) in [5.41, 5.74) is 3.62. The number of hydrogen-bond donors (Lipinski definition) is 5. The van der Waals surface area contributed by atoms with E-state index in [4.69, 9.17) is 4.74 Å². The van der Waals surface area contributed by atoms with Crippen molar-refractivity contribution < 1.29 is 33.8 Å². The number of carboxylic acids is 1. The zero-order chi connectivity index (χ0) is 32.1. The van der Waals surface area contributed by atoms with Crippen molar-refractivity contribution in [3.63, 3.8) is 0 Å². The number of aliphatic carboxylic acids is 1. The van der Waals surface area contributed by atoms with Crippen molar-refractivity contribution in [3.05, 3.63) is 95.1 Å². The van der Waals surface area contributed by atoms with Gasteiger partial charge in [-0.1, -0.05) is 42.5 Å². The first-order valence-corrected chi connectivity index (χ1v) is 15.2. The highest BCUT2D eigenvalue weighted by molar-refractivity contribution is 7.98. The van der Waals surface area contributed by atoms with Gasteiger partial charge in [-0.15, -0.1) is 0 Å². The molecular weight excluding hydrogens is 584 g/mol. The third-order valence-corrected chi connectivity index (χ3v) is 7.31. The van der Waals surface area contributed by atoms with Gasteiger partial charge in [-0.3, -0.25) is 14.4 Å². The predicted octanol–water partition coefficient (Wildman–Crippen LogP) is 4.54. The average Bonchev–Trinajstić information content (AvgIpc) is 3.00. The number of benzene rings is 3. The fourth-order valence-corrected chi connectivity index (χ4v) is 4.78. The van der Waals surface area contributed by atoms with Crippen LogP contribution in [-0.4, -0.2) is 60.1 Å². The normalized spacial score (nSPS) is 11.9. The van der Waals surface area contributed by atoms with Crippen LogP contribution in [0.1, 0.15) is 45.9 Å². The maximum absolute atomic E-state index is 13.3. The number of carboxylic acid groups (broad SMARTS) is 1. The maximum atomic E-state index is 13.3. The van der Waals surface area contributed by atoms with Gasteiger partial charge in [0.05, 0.1) is 31.6 Å². The molecule has 0 radical (unpaired) electrons. The number of rotatable bonds is 14. The number of ether oxygens (including phenoxy) is 1. The van der Waals surface area contributed by atoms with E-state index in [-0.39, 0.29) is 17.9 Å². The molecule has 0 saturated heterocycles. The van der Waals surface area contributed by atoms with Crippen LogP contribution in [0.2, 0.25) is 0 Å². The van der Waals surface area contributed by atoms with Crippen molar-refractivity contribution >= 4 is 52.9 Å². The van der Waals surface area contributed by atoms with Gasteiger partial charge < -0.3 is 31.1 Å². The lowest BCUT2D eigenvalue weighted by atomic mass is 10.0. The van der Waals surface area contributed by atoms with E-state index in [9.17, 15) is 29.1 Å². The van der Waals surface area contributed by atoms with Crippen LogP contribution in [0.25, 0.3) is 0 Å². The number of para-hydroxylation sites is 1. The monoisotopic (exact) mass is 620 g/mol. The molecule has 2 atom stereocenters. The number of carbonyl (C=O) groups excluding carboxylic acids is 4. The second kappa shape index (κ2) is 16.7. The summed E-state index contributed by atoms with van der Waals surface area (Å²) >= 11 is 1.51. The molecule has 12 heteroatoms. The Balaban J connectivity index is 1.62. The minimum Gasteiger partial charge on any atom is -0.481 e. The number of urea groups is 1. The predicted molar refractivity (Wildman–Crippen MR) is 170 cm³/mol. The van der Waals surface area contributed by atoms with Crippen LogP contribution in [0.15, 0.2) is 72.8 Å². The molecule has 5 N–H and O–H groups in total. The van der Waals surface area contributed by atoms with E-state index in [1.807, 2.05) is 31.4 Å². The van der Waals surface area contributed by atoms with Crippen LogP contribution in [0.4, 0.5) is 16.2 Å². The number of thioether (sulfide) groups is 1. The second-order valence-electron chi connectivity index (χ2n) is 9.94. The molecule has 0 heterocycles. The Hall–Kier alpha value is -4.84. The molecule has 3 rings (SSSR count). The van der Waals surface area contributed by atoms with Crippen LogP contribution in [-0.2, 0) is 25.5 Å². The Kier molecular flexibility index (Phi) is 12.8. The molecule has 3 aromatic carbocycles. The Bertz CT molecular complexity index is 1460. The van der Waals surface area contributed by atoms with Gasteiger partial charge in [0.2, 0.25) is 11.8 Å². The molecule has 3 aromatic rings. The van der Waals surface area contributed by atoms with Gasteiger partial charge in [0.25, 0.3) is 0 Å². The van der Waals surface area contributed by atoms with E-state index in [1.165, 1.54) is 31.0 Å². The van der Waals surface area contributed by atoms with E-state index in [1.54, 1.807) is 42.5 Å². The number of esters is 1. The van der Waals surface area contributed by atoms with Gasteiger partial charge >= 0.3 is 18.0 Å². The summed E-state index contributed by atoms with van der Waals surface area (Å²) in [6.07, 6.45) is 1.81. The summed E-state index contributed by atoms with van der Waals surface area (Å²) in [6, 6.07) is 18.1. The first-order valence-electron chi connectivity index (χ1n) is 13.8. The topological polar surface area (TPSA) is 163 Å². The molecule has 11 nitrogen and oxygen atoms in total. The number of amides is 4. The van der Waals surface area contributed by atoms with Gasteiger partial charge in [0, 0.05) is 11.4 Å². The van der Waals surface area contributed by atoms with Crippen LogP contribution in [0.5, 0.6) is 0 Å². The molecule has 232 valence electrons. The van der Waals surface area contributed by atoms with Crippen molar-refractivity contribution in [1.29, 1.82) is 0 Å². The number of methoxy groups -OCH3 is 1. The lowest BCUT2D eigenvalue weighted by molar-refractivity contribution is -0.138. The van der Waals surface area contributed by atoms with E-state index >= 15 is 0 Å². The van der Waals surface area contributed by atoms with E-state index in [0.29, 0.717) is 34.7 Å². The molecule has 0 aliphatic heterocycles. The van der Waals surface area contributed by atoms with Gasteiger partial charge in [-0.25, -0.2) is 9.59 Å². The average molecular weight is 621 g/mol. The Labute approximate surface area is 260 Å². The highest BCUT2D eigenvalue weighted by atomic mass is 32.2. The fraction of sp³-hybridized carbons (Fsp3) is 0.281. The highest BCUT2D eigenvalue weighted by Crippen LogP contribution is 2.19. The number of anilines is 2. The molecule has 0 spiro atoms. The summed E-state index contributed by atoms with van der Waals surface area (Å²) in [7, 11) is 1.26. The van der Waals surface area contributed by atoms with Gasteiger partial charge in [0.15, 0.2) is 0 Å². The third kappa shape index (κ3) is 10.5. The summed E-state index contributed by atoms with van der Waals surface area (Å²) in [6.45, 7) is 1.89. The van der Waals surface area contributed by atoms with Crippen molar-refractivity contribution in [2.24, 2.45) is 0 Å². The Morgan fingerprint density at radius 2 is 1.57 bits per heavy atom. The molecule has 0 fully saturated rings. The summed E-state index contributed by atoms with van der Waals surface area (Å²) in [5, 5.41) is 20.5. The quantitative estimate of drug-likeness (QED) is 0.164. The van der Waals surface area contributed by atoms with Gasteiger partial charge in [0.1, 0.15) is 6.04 Å². The maximum Gasteiger partial charge on any atom is 0.337 e. The van der Waals surface area contributed by atoms with Crippen LogP contribution in [0, 0.1) is 6.92 Å². The number of hydrogen-bond acceptors (Lipinski definition) is 7. The smallest absolute Gasteiger partial charge is 0.337 e. The SMILES string of the molecule is COC(=O)c1ccc([C@H](CC(=O)O)NC(=O)[C@H](CCSC)NC(=O)Cc2ccc(NC(=O)Nc3ccccc3C)cc2)cc1. The van der Waals surface area contributed by atoms with Crippen molar-refractivity contribution in [2.75, 3.05) is 29.8 Å². The molecule has 0 bridgehead atoms. The van der Waals surface area contributed by atoms with Gasteiger partial charge in [-0.2, -0.15) is 11.8 Å².